The Kier molecular flexibility index (Phi) is 1.93. The first kappa shape index (κ1) is 6.90. The average Bonchev–Trinajstić information content (AvgIpc) is 2.28. The molecule has 0 amide bonds. The lowest BCUT2D eigenvalue weighted by Crippen LogP contribution is -2.10. The van der Waals surface area contributed by atoms with Crippen LogP contribution in [0.25, 0.3) is 0 Å². The van der Waals surface area contributed by atoms with Crippen LogP contribution < -0.4 is 0 Å². The molecule has 0 N–H and O–H groups in total. The number of fused-ring (bicyclic) bond motifs is 1. The summed E-state index contributed by atoms with van der Waals surface area (Å²) in [7, 11) is 0. The van der Waals surface area contributed by atoms with Crippen molar-refractivity contribution < 1.29 is 0 Å². The summed E-state index contributed by atoms with van der Waals surface area (Å²) in [6, 6.07) is 0. The van der Waals surface area contributed by atoms with Crippen LogP contribution in [0.1, 0.15) is 19.3 Å². The zero-order chi connectivity index (χ0) is 7.52. The van der Waals surface area contributed by atoms with E-state index >= 15 is 0 Å². The second-order valence-corrected chi connectivity index (χ2v) is 3.38. The molecular weight excluding hydrogens is 132 g/mol. The molecule has 2 aliphatic carbocycles. The molecule has 0 aromatic heterocycles. The molecule has 0 saturated carbocycles. The van der Waals surface area contributed by atoms with Crippen LogP contribution in [0, 0.1) is 11.8 Å². The fourth-order valence-corrected chi connectivity index (χ4v) is 1.92. The van der Waals surface area contributed by atoms with Crippen LogP contribution >= 0.6 is 0 Å². The number of hydrogen-bond donors (Lipinski definition) is 0. The molecule has 2 atom stereocenters. The van der Waals surface area contributed by atoms with Crippen molar-refractivity contribution in [3.8, 4) is 0 Å². The van der Waals surface area contributed by atoms with E-state index in [2.05, 4.69) is 36.5 Å². The summed E-state index contributed by atoms with van der Waals surface area (Å²) >= 11 is 0. The Bertz CT molecular complexity index is 208. The lowest BCUT2D eigenvalue weighted by Gasteiger charge is -2.20. The van der Waals surface area contributed by atoms with Crippen LogP contribution in [0.4, 0.5) is 0 Å². The summed E-state index contributed by atoms with van der Waals surface area (Å²) < 4.78 is 0. The second-order valence-electron chi connectivity index (χ2n) is 3.38. The maximum atomic E-state index is 2.36. The van der Waals surface area contributed by atoms with Gasteiger partial charge in [-0.15, -0.1) is 0 Å². The van der Waals surface area contributed by atoms with Gasteiger partial charge in [-0.1, -0.05) is 36.5 Å². The van der Waals surface area contributed by atoms with Crippen LogP contribution in [0.5, 0.6) is 0 Å². The van der Waals surface area contributed by atoms with E-state index in [4.69, 9.17) is 0 Å². The molecule has 0 bridgehead atoms. The van der Waals surface area contributed by atoms with Crippen molar-refractivity contribution in [2.75, 3.05) is 0 Å². The van der Waals surface area contributed by atoms with Gasteiger partial charge in [-0.25, -0.2) is 0 Å². The predicted molar refractivity (Wildman–Crippen MR) is 48.3 cm³/mol. The van der Waals surface area contributed by atoms with E-state index in [0.717, 1.165) is 11.8 Å². The highest BCUT2D eigenvalue weighted by Crippen LogP contribution is 2.29. The summed E-state index contributed by atoms with van der Waals surface area (Å²) in [6.07, 6.45) is 17.6. The average molecular weight is 146 g/mol. The number of hydrogen-bond acceptors (Lipinski definition) is 0. The lowest BCUT2D eigenvalue weighted by atomic mass is 9.85. The van der Waals surface area contributed by atoms with Crippen molar-refractivity contribution in [3.05, 3.63) is 36.5 Å². The summed E-state index contributed by atoms with van der Waals surface area (Å²) in [5.74, 6) is 1.61. The molecule has 2 unspecified atom stereocenters. The van der Waals surface area contributed by atoms with Gasteiger partial charge in [0.1, 0.15) is 0 Å². The Hall–Kier alpha value is -0.780. The van der Waals surface area contributed by atoms with Gasteiger partial charge < -0.3 is 0 Å². The van der Waals surface area contributed by atoms with E-state index in [1.54, 1.807) is 0 Å². The van der Waals surface area contributed by atoms with Gasteiger partial charge in [-0.2, -0.15) is 0 Å². The normalized spacial score (nSPS) is 34.9. The van der Waals surface area contributed by atoms with Crippen LogP contribution in [0.3, 0.4) is 0 Å². The highest BCUT2D eigenvalue weighted by atomic mass is 14.2. The van der Waals surface area contributed by atoms with Crippen molar-refractivity contribution in [2.24, 2.45) is 11.8 Å². The van der Waals surface area contributed by atoms with Gasteiger partial charge in [-0.3, -0.25) is 0 Å². The summed E-state index contributed by atoms with van der Waals surface area (Å²) in [6.45, 7) is 0. The fraction of sp³-hybridized carbons (Fsp3) is 0.455. The van der Waals surface area contributed by atoms with Gasteiger partial charge in [0.25, 0.3) is 0 Å². The first-order chi connectivity index (χ1) is 5.47. The van der Waals surface area contributed by atoms with E-state index < -0.39 is 0 Å². The van der Waals surface area contributed by atoms with Crippen molar-refractivity contribution in [3.63, 3.8) is 0 Å². The third kappa shape index (κ3) is 1.45. The molecule has 2 aliphatic rings. The molecule has 0 radical (unpaired) electrons. The molecule has 0 aromatic rings. The van der Waals surface area contributed by atoms with Crippen LogP contribution in [-0.4, -0.2) is 0 Å². The quantitative estimate of drug-likeness (QED) is 0.461. The van der Waals surface area contributed by atoms with Crippen LogP contribution in [0.15, 0.2) is 36.5 Å². The Labute approximate surface area is 68.3 Å². The zero-order valence-electron chi connectivity index (χ0n) is 6.74. The minimum Gasteiger partial charge on any atom is -0.0885 e. The zero-order valence-corrected chi connectivity index (χ0v) is 6.74. The van der Waals surface area contributed by atoms with E-state index in [9.17, 15) is 0 Å². The molecule has 11 heavy (non-hydrogen) atoms. The monoisotopic (exact) mass is 146 g/mol. The van der Waals surface area contributed by atoms with Crippen LogP contribution in [0.2, 0.25) is 0 Å². The minimum atomic E-state index is 0.791. The van der Waals surface area contributed by atoms with E-state index in [-0.39, 0.29) is 0 Å². The fourth-order valence-electron chi connectivity index (χ4n) is 1.92. The molecule has 58 valence electrons. The SMILES string of the molecule is C1=CC2CC=CCCC2C=C1. The highest BCUT2D eigenvalue weighted by molar-refractivity contribution is 5.16. The van der Waals surface area contributed by atoms with Gasteiger partial charge >= 0.3 is 0 Å². The predicted octanol–water partition coefficient (Wildman–Crippen LogP) is 3.08. The second kappa shape index (κ2) is 3.08. The molecule has 0 heteroatoms. The molecule has 0 aromatic carbocycles. The molecule has 0 heterocycles. The number of rotatable bonds is 0. The molecule has 0 fully saturated rings. The first-order valence-electron chi connectivity index (χ1n) is 4.47. The molecule has 2 rings (SSSR count). The number of allylic oxidation sites excluding steroid dienone is 6. The molecular formula is C11H14. The third-order valence-corrected chi connectivity index (χ3v) is 2.62. The van der Waals surface area contributed by atoms with Crippen molar-refractivity contribution in [1.29, 1.82) is 0 Å². The summed E-state index contributed by atoms with van der Waals surface area (Å²) in [4.78, 5) is 0. The summed E-state index contributed by atoms with van der Waals surface area (Å²) in [5.41, 5.74) is 0. The maximum absolute atomic E-state index is 2.36. The largest absolute Gasteiger partial charge is 0.0885 e. The molecule has 0 nitrogen and oxygen atoms in total. The van der Waals surface area contributed by atoms with E-state index in [0.29, 0.717) is 0 Å². The Morgan fingerprint density at radius 1 is 0.909 bits per heavy atom. The van der Waals surface area contributed by atoms with Gasteiger partial charge in [0.05, 0.1) is 0 Å². The topological polar surface area (TPSA) is 0 Å². The smallest absolute Gasteiger partial charge is 0.0133 e. The van der Waals surface area contributed by atoms with Gasteiger partial charge in [0, 0.05) is 0 Å². The lowest BCUT2D eigenvalue weighted by molar-refractivity contribution is 0.458. The van der Waals surface area contributed by atoms with Crippen molar-refractivity contribution in [1.82, 2.24) is 0 Å². The molecule has 0 saturated heterocycles. The van der Waals surface area contributed by atoms with Crippen molar-refractivity contribution >= 4 is 0 Å². The van der Waals surface area contributed by atoms with Gasteiger partial charge in [-0.05, 0) is 31.1 Å². The molecule has 0 spiro atoms. The van der Waals surface area contributed by atoms with E-state index in [1.807, 2.05) is 0 Å². The Balaban J connectivity index is 2.13. The van der Waals surface area contributed by atoms with Gasteiger partial charge in [0.15, 0.2) is 0 Å². The molecule has 0 aliphatic heterocycles. The third-order valence-electron chi connectivity index (χ3n) is 2.62. The highest BCUT2D eigenvalue weighted by Gasteiger charge is 2.17. The standard InChI is InChI=1S/C11H14/c1-2-6-10-8-4-5-9-11(10)7-3-1/h1-2,4-5,8-11H,3,6-7H2. The first-order valence-corrected chi connectivity index (χ1v) is 4.47. The van der Waals surface area contributed by atoms with Crippen LogP contribution in [-0.2, 0) is 0 Å². The summed E-state index contributed by atoms with van der Waals surface area (Å²) in [5, 5.41) is 0. The van der Waals surface area contributed by atoms with Crippen molar-refractivity contribution in [2.45, 2.75) is 19.3 Å². The minimum absolute atomic E-state index is 0.791. The maximum Gasteiger partial charge on any atom is -0.0133 e. The Morgan fingerprint density at radius 3 is 2.64 bits per heavy atom. The Morgan fingerprint density at radius 2 is 1.73 bits per heavy atom. The van der Waals surface area contributed by atoms with E-state index in [1.165, 1.54) is 19.3 Å². The van der Waals surface area contributed by atoms with Gasteiger partial charge in [0.2, 0.25) is 0 Å².